The number of hydrogen-bond acceptors (Lipinski definition) is 1. The first-order chi connectivity index (χ1) is 10.6. The molecule has 2 N–H and O–H groups in total. The Balaban J connectivity index is 2.03. The predicted octanol–water partition coefficient (Wildman–Crippen LogP) is 5.13. The highest BCUT2D eigenvalue weighted by atomic mass is 32.1. The maximum absolute atomic E-state index is 5.48. The summed E-state index contributed by atoms with van der Waals surface area (Å²) in [6.45, 7) is 6.42. The number of benzene rings is 2. The van der Waals surface area contributed by atoms with Gasteiger partial charge in [-0.15, -0.1) is 0 Å². The molecule has 0 bridgehead atoms. The van der Waals surface area contributed by atoms with Gasteiger partial charge in [0.15, 0.2) is 5.11 Å². The van der Waals surface area contributed by atoms with Crippen LogP contribution >= 0.6 is 12.2 Å². The molecular weight excluding hydrogens is 288 g/mol. The van der Waals surface area contributed by atoms with Crippen LogP contribution < -0.4 is 10.6 Å². The summed E-state index contributed by atoms with van der Waals surface area (Å²) < 4.78 is 0. The fourth-order valence-corrected chi connectivity index (χ4v) is 2.70. The molecule has 2 aromatic carbocycles. The largest absolute Gasteiger partial charge is 0.356 e. The molecule has 0 heterocycles. The van der Waals surface area contributed by atoms with Gasteiger partial charge in [0, 0.05) is 5.69 Å². The van der Waals surface area contributed by atoms with Gasteiger partial charge in [0.25, 0.3) is 0 Å². The van der Waals surface area contributed by atoms with Crippen LogP contribution in [0.2, 0.25) is 0 Å². The molecule has 1 atom stereocenters. The number of thiocarbonyl (C=S) groups is 1. The van der Waals surface area contributed by atoms with Gasteiger partial charge in [-0.25, -0.2) is 0 Å². The Kier molecular flexibility index (Phi) is 5.96. The molecule has 0 aliphatic carbocycles. The molecule has 0 fully saturated rings. The van der Waals surface area contributed by atoms with Gasteiger partial charge >= 0.3 is 0 Å². The van der Waals surface area contributed by atoms with Crippen molar-refractivity contribution in [3.63, 3.8) is 0 Å². The standard InChI is InChI=1S/C19H24N2S/c1-4-8-18(16-9-6-5-7-10-16)21-19(22)20-17-12-11-14(2)15(3)13-17/h5-7,9-13,18H,4,8H2,1-3H3,(H2,20,21,22)/t18-/m0/s1. The van der Waals surface area contributed by atoms with E-state index in [1.54, 1.807) is 0 Å². The third kappa shape index (κ3) is 4.57. The van der Waals surface area contributed by atoms with Crippen molar-refractivity contribution < 1.29 is 0 Å². The molecule has 2 nitrogen and oxygen atoms in total. The molecule has 116 valence electrons. The second-order valence-electron chi connectivity index (χ2n) is 5.65. The number of rotatable bonds is 5. The monoisotopic (exact) mass is 312 g/mol. The molecule has 0 radical (unpaired) electrons. The summed E-state index contributed by atoms with van der Waals surface area (Å²) in [5.74, 6) is 0. The van der Waals surface area contributed by atoms with Crippen LogP contribution in [0.5, 0.6) is 0 Å². The first kappa shape index (κ1) is 16.5. The minimum Gasteiger partial charge on any atom is -0.356 e. The SMILES string of the molecule is CCC[C@H](NC(=S)Nc1ccc(C)c(C)c1)c1ccccc1. The van der Waals surface area contributed by atoms with E-state index in [0.717, 1.165) is 18.5 Å². The highest BCUT2D eigenvalue weighted by molar-refractivity contribution is 7.80. The molecule has 3 heteroatoms. The second-order valence-corrected chi connectivity index (χ2v) is 6.06. The second kappa shape index (κ2) is 7.95. The molecule has 22 heavy (non-hydrogen) atoms. The van der Waals surface area contributed by atoms with Crippen LogP contribution in [0.25, 0.3) is 0 Å². The molecule has 0 aliphatic heterocycles. The summed E-state index contributed by atoms with van der Waals surface area (Å²) in [5, 5.41) is 7.40. The maximum atomic E-state index is 5.48. The molecule has 0 saturated heterocycles. The summed E-state index contributed by atoms with van der Waals surface area (Å²) in [5.41, 5.74) is 4.86. The smallest absolute Gasteiger partial charge is 0.171 e. The van der Waals surface area contributed by atoms with E-state index in [2.05, 4.69) is 73.9 Å². The summed E-state index contributed by atoms with van der Waals surface area (Å²) >= 11 is 5.48. The lowest BCUT2D eigenvalue weighted by molar-refractivity contribution is 0.584. The first-order valence-corrected chi connectivity index (χ1v) is 8.20. The zero-order valence-corrected chi connectivity index (χ0v) is 14.3. The van der Waals surface area contributed by atoms with Crippen molar-refractivity contribution in [3.8, 4) is 0 Å². The van der Waals surface area contributed by atoms with E-state index in [1.165, 1.54) is 16.7 Å². The van der Waals surface area contributed by atoms with Crippen LogP contribution in [-0.4, -0.2) is 5.11 Å². The molecule has 0 spiro atoms. The Morgan fingerprint density at radius 3 is 2.41 bits per heavy atom. The average Bonchev–Trinajstić information content (AvgIpc) is 2.51. The van der Waals surface area contributed by atoms with Crippen LogP contribution in [0.15, 0.2) is 48.5 Å². The summed E-state index contributed by atoms with van der Waals surface area (Å²) in [4.78, 5) is 0. The Labute approximate surface area is 139 Å². The Hall–Kier alpha value is -1.87. The van der Waals surface area contributed by atoms with E-state index in [1.807, 2.05) is 6.07 Å². The molecule has 2 aromatic rings. The van der Waals surface area contributed by atoms with E-state index in [4.69, 9.17) is 12.2 Å². The van der Waals surface area contributed by atoms with E-state index in [-0.39, 0.29) is 6.04 Å². The lowest BCUT2D eigenvalue weighted by atomic mass is 10.0. The van der Waals surface area contributed by atoms with Gasteiger partial charge in [0.2, 0.25) is 0 Å². The highest BCUT2D eigenvalue weighted by Gasteiger charge is 2.11. The Morgan fingerprint density at radius 2 is 1.77 bits per heavy atom. The van der Waals surface area contributed by atoms with E-state index < -0.39 is 0 Å². The summed E-state index contributed by atoms with van der Waals surface area (Å²) in [7, 11) is 0. The van der Waals surface area contributed by atoms with Crippen molar-refractivity contribution in [2.75, 3.05) is 5.32 Å². The molecule has 0 unspecified atom stereocenters. The third-order valence-electron chi connectivity index (χ3n) is 3.85. The van der Waals surface area contributed by atoms with Gasteiger partial charge < -0.3 is 10.6 Å². The number of hydrogen-bond donors (Lipinski definition) is 2. The Bertz CT molecular complexity index is 623. The molecule has 0 saturated carbocycles. The van der Waals surface area contributed by atoms with Gasteiger partial charge in [-0.1, -0.05) is 49.7 Å². The third-order valence-corrected chi connectivity index (χ3v) is 4.07. The van der Waals surface area contributed by atoms with Crippen molar-refractivity contribution in [2.24, 2.45) is 0 Å². The fraction of sp³-hybridized carbons (Fsp3) is 0.316. The average molecular weight is 312 g/mol. The molecule has 0 aromatic heterocycles. The van der Waals surface area contributed by atoms with Crippen molar-refractivity contribution in [3.05, 3.63) is 65.2 Å². The quantitative estimate of drug-likeness (QED) is 0.748. The van der Waals surface area contributed by atoms with Crippen LogP contribution in [0.1, 0.15) is 42.5 Å². The van der Waals surface area contributed by atoms with E-state index >= 15 is 0 Å². The fourth-order valence-electron chi connectivity index (χ4n) is 2.44. The zero-order chi connectivity index (χ0) is 15.9. The summed E-state index contributed by atoms with van der Waals surface area (Å²) in [6, 6.07) is 17.0. The highest BCUT2D eigenvalue weighted by Crippen LogP contribution is 2.19. The zero-order valence-electron chi connectivity index (χ0n) is 13.5. The summed E-state index contributed by atoms with van der Waals surface area (Å²) in [6.07, 6.45) is 2.16. The molecule has 2 rings (SSSR count). The van der Waals surface area contributed by atoms with Crippen LogP contribution in [-0.2, 0) is 0 Å². The van der Waals surface area contributed by atoms with Gasteiger partial charge in [0.05, 0.1) is 6.04 Å². The number of nitrogens with one attached hydrogen (secondary N) is 2. The Morgan fingerprint density at radius 1 is 1.05 bits per heavy atom. The van der Waals surface area contributed by atoms with E-state index in [0.29, 0.717) is 5.11 Å². The van der Waals surface area contributed by atoms with Crippen LogP contribution in [0, 0.1) is 13.8 Å². The van der Waals surface area contributed by atoms with Gasteiger partial charge in [-0.2, -0.15) is 0 Å². The predicted molar refractivity (Wildman–Crippen MR) is 99.4 cm³/mol. The topological polar surface area (TPSA) is 24.1 Å². The number of anilines is 1. The van der Waals surface area contributed by atoms with Gasteiger partial charge in [-0.3, -0.25) is 0 Å². The minimum absolute atomic E-state index is 0.248. The molecule has 0 amide bonds. The van der Waals surface area contributed by atoms with Crippen LogP contribution in [0.4, 0.5) is 5.69 Å². The lowest BCUT2D eigenvalue weighted by Crippen LogP contribution is -2.32. The lowest BCUT2D eigenvalue weighted by Gasteiger charge is -2.21. The molecule has 0 aliphatic rings. The maximum Gasteiger partial charge on any atom is 0.171 e. The van der Waals surface area contributed by atoms with Crippen molar-refractivity contribution in [1.82, 2.24) is 5.32 Å². The van der Waals surface area contributed by atoms with Crippen molar-refractivity contribution in [2.45, 2.75) is 39.7 Å². The first-order valence-electron chi connectivity index (χ1n) is 7.80. The van der Waals surface area contributed by atoms with Crippen molar-refractivity contribution in [1.29, 1.82) is 0 Å². The van der Waals surface area contributed by atoms with Gasteiger partial charge in [0.1, 0.15) is 0 Å². The molecular formula is C19H24N2S. The van der Waals surface area contributed by atoms with E-state index in [9.17, 15) is 0 Å². The number of aryl methyl sites for hydroxylation is 2. The normalized spacial score (nSPS) is 11.8. The minimum atomic E-state index is 0.248. The van der Waals surface area contributed by atoms with Crippen molar-refractivity contribution >= 4 is 23.0 Å². The van der Waals surface area contributed by atoms with Gasteiger partial charge in [-0.05, 0) is 61.3 Å². The van der Waals surface area contributed by atoms with Crippen LogP contribution in [0.3, 0.4) is 0 Å².